The second kappa shape index (κ2) is 7.54. The first-order valence-corrected chi connectivity index (χ1v) is 8.60. The number of amides is 1. The molecule has 3 aromatic rings. The average molecular weight is 342 g/mol. The van der Waals surface area contributed by atoms with Gasteiger partial charge in [-0.05, 0) is 30.2 Å². The molecule has 1 aromatic heterocycles. The molecule has 0 aliphatic heterocycles. The van der Waals surface area contributed by atoms with E-state index in [-0.39, 0.29) is 5.91 Å². The average Bonchev–Trinajstić information content (AvgIpc) is 2.96. The van der Waals surface area contributed by atoms with Crippen LogP contribution >= 0.6 is 11.6 Å². The monoisotopic (exact) mass is 341 g/mol. The van der Waals surface area contributed by atoms with E-state index in [0.717, 1.165) is 34.9 Å². The van der Waals surface area contributed by atoms with Crippen LogP contribution in [-0.4, -0.2) is 12.5 Å². The molecule has 0 radical (unpaired) electrons. The normalized spacial score (nSPS) is 10.9. The smallest absolute Gasteiger partial charge is 0.287 e. The van der Waals surface area contributed by atoms with Crippen molar-refractivity contribution in [2.75, 3.05) is 6.54 Å². The van der Waals surface area contributed by atoms with Crippen LogP contribution < -0.4 is 5.32 Å². The van der Waals surface area contributed by atoms with E-state index in [2.05, 4.69) is 12.2 Å². The predicted octanol–water partition coefficient (Wildman–Crippen LogP) is 5.21. The van der Waals surface area contributed by atoms with E-state index in [1.807, 2.05) is 48.5 Å². The van der Waals surface area contributed by atoms with E-state index in [4.69, 9.17) is 16.0 Å². The minimum absolute atomic E-state index is 0.149. The zero-order chi connectivity index (χ0) is 16.9. The number of hydrogen-bond donors (Lipinski definition) is 1. The second-order valence-electron chi connectivity index (χ2n) is 5.82. The largest absolute Gasteiger partial charge is 0.451 e. The predicted molar refractivity (Wildman–Crippen MR) is 97.7 cm³/mol. The Balaban J connectivity index is 1.95. The molecule has 0 atom stereocenters. The van der Waals surface area contributed by atoms with Gasteiger partial charge in [-0.1, -0.05) is 55.3 Å². The van der Waals surface area contributed by atoms with Gasteiger partial charge in [0.05, 0.1) is 0 Å². The maximum absolute atomic E-state index is 12.5. The molecule has 0 saturated carbocycles. The number of fused-ring (bicyclic) bond motifs is 1. The quantitative estimate of drug-likeness (QED) is 0.625. The number of halogens is 1. The van der Waals surface area contributed by atoms with Crippen LogP contribution in [-0.2, 0) is 6.42 Å². The summed E-state index contributed by atoms with van der Waals surface area (Å²) in [5.74, 6) is 0.255. The van der Waals surface area contributed by atoms with Gasteiger partial charge in [0, 0.05) is 28.9 Å². The zero-order valence-corrected chi connectivity index (χ0v) is 14.4. The molecule has 24 heavy (non-hydrogen) atoms. The Morgan fingerprint density at radius 2 is 1.88 bits per heavy atom. The number of benzene rings is 2. The summed E-state index contributed by atoms with van der Waals surface area (Å²) in [6.07, 6.45) is 2.63. The van der Waals surface area contributed by atoms with Crippen LogP contribution in [0.15, 0.2) is 52.9 Å². The number of furan rings is 1. The van der Waals surface area contributed by atoms with Crippen molar-refractivity contribution in [3.05, 3.63) is 70.4 Å². The Labute approximate surface area is 146 Å². The van der Waals surface area contributed by atoms with Crippen LogP contribution in [0.25, 0.3) is 11.0 Å². The summed E-state index contributed by atoms with van der Waals surface area (Å²) in [6, 6.07) is 15.4. The van der Waals surface area contributed by atoms with Gasteiger partial charge in [0.1, 0.15) is 5.58 Å². The lowest BCUT2D eigenvalue weighted by molar-refractivity contribution is 0.0926. The van der Waals surface area contributed by atoms with Crippen LogP contribution in [0.1, 0.15) is 41.4 Å². The fourth-order valence-electron chi connectivity index (χ4n) is 2.72. The second-order valence-corrected chi connectivity index (χ2v) is 6.26. The van der Waals surface area contributed by atoms with Crippen LogP contribution in [0, 0.1) is 0 Å². The minimum atomic E-state index is -0.149. The van der Waals surface area contributed by atoms with Gasteiger partial charge in [-0.25, -0.2) is 0 Å². The molecule has 1 N–H and O–H groups in total. The SMILES string of the molecule is CCCCNC(=O)c1oc2ccccc2c1Cc1ccc(Cl)cc1. The highest BCUT2D eigenvalue weighted by atomic mass is 35.5. The number of carbonyl (C=O) groups is 1. The number of unbranched alkanes of at least 4 members (excludes halogenated alkanes) is 1. The summed E-state index contributed by atoms with van der Waals surface area (Å²) < 4.78 is 5.85. The first kappa shape index (κ1) is 16.6. The van der Waals surface area contributed by atoms with E-state index < -0.39 is 0 Å². The van der Waals surface area contributed by atoms with Crippen molar-refractivity contribution in [2.24, 2.45) is 0 Å². The Kier molecular flexibility index (Phi) is 5.21. The van der Waals surface area contributed by atoms with E-state index in [1.54, 1.807) is 0 Å². The topological polar surface area (TPSA) is 42.2 Å². The summed E-state index contributed by atoms with van der Waals surface area (Å²) in [7, 11) is 0. The molecule has 3 nitrogen and oxygen atoms in total. The maximum Gasteiger partial charge on any atom is 0.287 e. The van der Waals surface area contributed by atoms with Gasteiger partial charge in [-0.2, -0.15) is 0 Å². The van der Waals surface area contributed by atoms with E-state index in [1.165, 1.54) is 0 Å². The fraction of sp³-hybridized carbons (Fsp3) is 0.250. The molecule has 1 amide bonds. The molecule has 0 bridgehead atoms. The van der Waals surface area contributed by atoms with Crippen LogP contribution in [0.5, 0.6) is 0 Å². The molecule has 4 heteroatoms. The van der Waals surface area contributed by atoms with Gasteiger partial charge in [-0.15, -0.1) is 0 Å². The highest BCUT2D eigenvalue weighted by Gasteiger charge is 2.20. The van der Waals surface area contributed by atoms with Crippen molar-refractivity contribution in [2.45, 2.75) is 26.2 Å². The molecule has 0 spiro atoms. The number of hydrogen-bond acceptors (Lipinski definition) is 2. The summed E-state index contributed by atoms with van der Waals surface area (Å²) in [6.45, 7) is 2.76. The van der Waals surface area contributed by atoms with Crippen molar-refractivity contribution in [3.8, 4) is 0 Å². The summed E-state index contributed by atoms with van der Waals surface area (Å²) in [5.41, 5.74) is 2.75. The van der Waals surface area contributed by atoms with Crippen LogP contribution in [0.2, 0.25) is 5.02 Å². The van der Waals surface area contributed by atoms with Crippen LogP contribution in [0.4, 0.5) is 0 Å². The van der Waals surface area contributed by atoms with Crippen LogP contribution in [0.3, 0.4) is 0 Å². The molecule has 2 aromatic carbocycles. The summed E-state index contributed by atoms with van der Waals surface area (Å²) in [4.78, 5) is 12.5. The minimum Gasteiger partial charge on any atom is -0.451 e. The Morgan fingerprint density at radius 1 is 1.12 bits per heavy atom. The Morgan fingerprint density at radius 3 is 2.62 bits per heavy atom. The highest BCUT2D eigenvalue weighted by Crippen LogP contribution is 2.28. The lowest BCUT2D eigenvalue weighted by Gasteiger charge is -2.05. The lowest BCUT2D eigenvalue weighted by Crippen LogP contribution is -2.24. The number of carbonyl (C=O) groups excluding carboxylic acids is 1. The molecular formula is C20H20ClNO2. The molecule has 3 rings (SSSR count). The van der Waals surface area contributed by atoms with Gasteiger partial charge in [0.2, 0.25) is 0 Å². The Hall–Kier alpha value is -2.26. The number of nitrogens with one attached hydrogen (secondary N) is 1. The third-order valence-corrected chi connectivity index (χ3v) is 4.27. The Bertz CT molecular complexity index is 836. The summed E-state index contributed by atoms with van der Waals surface area (Å²) >= 11 is 5.96. The third-order valence-electron chi connectivity index (χ3n) is 4.01. The zero-order valence-electron chi connectivity index (χ0n) is 13.6. The van der Waals surface area contributed by atoms with Crippen molar-refractivity contribution < 1.29 is 9.21 Å². The summed E-state index contributed by atoms with van der Waals surface area (Å²) in [5, 5.41) is 4.62. The van der Waals surface area contributed by atoms with E-state index in [0.29, 0.717) is 23.7 Å². The van der Waals surface area contributed by atoms with Gasteiger partial charge in [0.15, 0.2) is 5.76 Å². The molecule has 1 heterocycles. The standard InChI is InChI=1S/C20H20ClNO2/c1-2-3-12-22-20(23)19-17(13-14-8-10-15(21)11-9-14)16-6-4-5-7-18(16)24-19/h4-11H,2-3,12-13H2,1H3,(H,22,23). The van der Waals surface area contributed by atoms with Crippen molar-refractivity contribution in [1.29, 1.82) is 0 Å². The van der Waals surface area contributed by atoms with Crippen molar-refractivity contribution >= 4 is 28.5 Å². The van der Waals surface area contributed by atoms with Gasteiger partial charge in [-0.3, -0.25) is 4.79 Å². The van der Waals surface area contributed by atoms with E-state index in [9.17, 15) is 4.79 Å². The molecule has 124 valence electrons. The lowest BCUT2D eigenvalue weighted by atomic mass is 10.0. The molecule has 0 unspecified atom stereocenters. The number of para-hydroxylation sites is 1. The van der Waals surface area contributed by atoms with Gasteiger partial charge < -0.3 is 9.73 Å². The highest BCUT2D eigenvalue weighted by molar-refractivity contribution is 6.30. The number of rotatable bonds is 6. The molecular weight excluding hydrogens is 322 g/mol. The van der Waals surface area contributed by atoms with Crippen molar-refractivity contribution in [3.63, 3.8) is 0 Å². The molecule has 0 saturated heterocycles. The first-order valence-electron chi connectivity index (χ1n) is 8.22. The molecule has 0 aliphatic carbocycles. The van der Waals surface area contributed by atoms with Gasteiger partial charge in [0.25, 0.3) is 5.91 Å². The first-order chi connectivity index (χ1) is 11.7. The fourth-order valence-corrected chi connectivity index (χ4v) is 2.85. The maximum atomic E-state index is 12.5. The van der Waals surface area contributed by atoms with E-state index >= 15 is 0 Å². The molecule has 0 aliphatic rings. The van der Waals surface area contributed by atoms with Crippen molar-refractivity contribution in [1.82, 2.24) is 5.32 Å². The van der Waals surface area contributed by atoms with Gasteiger partial charge >= 0.3 is 0 Å². The third kappa shape index (κ3) is 3.62. The molecule has 0 fully saturated rings.